The molecule has 0 spiro atoms. The van der Waals surface area contributed by atoms with Gasteiger partial charge in [-0.25, -0.2) is 19.6 Å². The Kier molecular flexibility index (Phi) is 8.38. The summed E-state index contributed by atoms with van der Waals surface area (Å²) in [5.74, 6) is 0.0974. The Balaban J connectivity index is 1.75. The number of amides is 1. The molecule has 0 radical (unpaired) electrons. The third kappa shape index (κ3) is 6.12. The SMILES string of the molecule is Cc1ncnc(C(C)C)c1-n1c(=O)[nH]c(=O)c2c(OCC3CN(C(=O)OC(C)(C)C)CCN3)c(Cl)c(Br)cc21. The van der Waals surface area contributed by atoms with Crippen molar-refractivity contribution in [2.75, 3.05) is 26.2 Å². The number of ether oxygens (including phenoxy) is 2. The lowest BCUT2D eigenvalue weighted by atomic mass is 10.1. The molecule has 3 heterocycles. The summed E-state index contributed by atoms with van der Waals surface area (Å²) in [5.41, 5.74) is 0.136. The molecule has 1 aromatic carbocycles. The van der Waals surface area contributed by atoms with E-state index in [9.17, 15) is 14.4 Å². The van der Waals surface area contributed by atoms with E-state index in [4.69, 9.17) is 21.1 Å². The van der Waals surface area contributed by atoms with Gasteiger partial charge in [0, 0.05) is 24.1 Å². The number of piperazine rings is 1. The van der Waals surface area contributed by atoms with Crippen LogP contribution < -0.4 is 21.3 Å². The van der Waals surface area contributed by atoms with Crippen LogP contribution in [0, 0.1) is 6.92 Å². The van der Waals surface area contributed by atoms with Gasteiger partial charge in [-0.1, -0.05) is 25.4 Å². The van der Waals surface area contributed by atoms with E-state index >= 15 is 0 Å². The van der Waals surface area contributed by atoms with Crippen LogP contribution in [0.1, 0.15) is 51.9 Å². The molecule has 13 heteroatoms. The fraction of sp³-hybridized carbons (Fsp3) is 0.500. The summed E-state index contributed by atoms with van der Waals surface area (Å²) in [7, 11) is 0. The topological polar surface area (TPSA) is 131 Å². The highest BCUT2D eigenvalue weighted by Crippen LogP contribution is 2.38. The lowest BCUT2D eigenvalue weighted by molar-refractivity contribution is 0.0178. The van der Waals surface area contributed by atoms with Gasteiger partial charge in [-0.2, -0.15) is 0 Å². The van der Waals surface area contributed by atoms with Crippen molar-refractivity contribution in [3.05, 3.63) is 54.1 Å². The molecule has 1 saturated heterocycles. The van der Waals surface area contributed by atoms with Crippen molar-refractivity contribution in [1.82, 2.24) is 29.7 Å². The molecule has 1 amide bonds. The molecule has 4 rings (SSSR count). The van der Waals surface area contributed by atoms with E-state index in [0.717, 1.165) is 0 Å². The van der Waals surface area contributed by atoms with Gasteiger partial charge in [-0.3, -0.25) is 14.3 Å². The summed E-state index contributed by atoms with van der Waals surface area (Å²) in [5, 5.41) is 3.62. The van der Waals surface area contributed by atoms with Gasteiger partial charge in [-0.05, 0) is 55.6 Å². The maximum Gasteiger partial charge on any atom is 0.410 e. The zero-order valence-electron chi connectivity index (χ0n) is 22.7. The minimum Gasteiger partial charge on any atom is -0.489 e. The molecule has 1 aliphatic rings. The zero-order valence-corrected chi connectivity index (χ0v) is 25.1. The standard InChI is InChI=1S/C26H32BrClN6O5/c1-13(2)20-21(14(3)30-12-31-20)34-17-9-16(27)19(28)22(18(17)23(35)32-24(34)36)38-11-15-10-33(8-7-29-15)25(37)39-26(4,5)6/h9,12-13,15,29H,7-8,10-11H2,1-6H3,(H,32,35,36). The molecular formula is C26H32BrClN6O5. The average Bonchev–Trinajstić information content (AvgIpc) is 2.84. The number of rotatable bonds is 5. The van der Waals surface area contributed by atoms with Crippen molar-refractivity contribution in [2.45, 2.75) is 59.1 Å². The maximum absolute atomic E-state index is 13.2. The van der Waals surface area contributed by atoms with Crippen LogP contribution in [0.5, 0.6) is 5.75 Å². The molecule has 1 fully saturated rings. The summed E-state index contributed by atoms with van der Waals surface area (Å²) in [6, 6.07) is 1.36. The average molecular weight is 624 g/mol. The minimum atomic E-state index is -0.636. The highest BCUT2D eigenvalue weighted by molar-refractivity contribution is 9.10. The number of hydrogen-bond donors (Lipinski definition) is 2. The van der Waals surface area contributed by atoms with Crippen molar-refractivity contribution in [1.29, 1.82) is 0 Å². The second-order valence-corrected chi connectivity index (χ2v) is 12.0. The second-order valence-electron chi connectivity index (χ2n) is 10.7. The summed E-state index contributed by atoms with van der Waals surface area (Å²) < 4.78 is 13.5. The quantitative estimate of drug-likeness (QED) is 0.438. The zero-order chi connectivity index (χ0) is 28.6. The van der Waals surface area contributed by atoms with Gasteiger partial charge in [0.25, 0.3) is 5.56 Å². The molecule has 39 heavy (non-hydrogen) atoms. The van der Waals surface area contributed by atoms with Gasteiger partial charge in [0.1, 0.15) is 23.9 Å². The number of benzene rings is 1. The highest BCUT2D eigenvalue weighted by atomic mass is 79.9. The van der Waals surface area contributed by atoms with Crippen LogP contribution in [0.3, 0.4) is 0 Å². The Morgan fingerprint density at radius 2 is 2.00 bits per heavy atom. The van der Waals surface area contributed by atoms with Crippen LogP contribution in [0.25, 0.3) is 16.6 Å². The maximum atomic E-state index is 13.2. The lowest BCUT2D eigenvalue weighted by Crippen LogP contribution is -2.55. The van der Waals surface area contributed by atoms with Gasteiger partial charge in [-0.15, -0.1) is 0 Å². The fourth-order valence-corrected chi connectivity index (χ4v) is 5.07. The first kappa shape index (κ1) is 29.0. The number of halogens is 2. The Hall–Kier alpha value is -2.96. The highest BCUT2D eigenvalue weighted by Gasteiger charge is 2.29. The van der Waals surface area contributed by atoms with Crippen molar-refractivity contribution in [2.24, 2.45) is 0 Å². The number of H-pyrrole nitrogens is 1. The second kappa shape index (κ2) is 11.3. The largest absolute Gasteiger partial charge is 0.489 e. The summed E-state index contributed by atoms with van der Waals surface area (Å²) in [6.45, 7) is 12.6. The van der Waals surface area contributed by atoms with Gasteiger partial charge < -0.3 is 19.7 Å². The van der Waals surface area contributed by atoms with Gasteiger partial charge >= 0.3 is 11.8 Å². The number of fused-ring (bicyclic) bond motifs is 1. The third-order valence-corrected chi connectivity index (χ3v) is 7.42. The smallest absolute Gasteiger partial charge is 0.410 e. The fourth-order valence-electron chi connectivity index (χ4n) is 4.47. The predicted molar refractivity (Wildman–Crippen MR) is 152 cm³/mol. The van der Waals surface area contributed by atoms with Gasteiger partial charge in [0.2, 0.25) is 0 Å². The molecule has 3 aromatic rings. The van der Waals surface area contributed by atoms with Crippen LogP contribution in [0.15, 0.2) is 26.5 Å². The van der Waals surface area contributed by atoms with Crippen molar-refractivity contribution < 1.29 is 14.3 Å². The number of hydrogen-bond acceptors (Lipinski definition) is 8. The molecule has 2 aromatic heterocycles. The molecular weight excluding hydrogens is 592 g/mol. The summed E-state index contributed by atoms with van der Waals surface area (Å²) >= 11 is 10.1. The lowest BCUT2D eigenvalue weighted by Gasteiger charge is -2.34. The van der Waals surface area contributed by atoms with E-state index in [0.29, 0.717) is 46.7 Å². The van der Waals surface area contributed by atoms with Crippen LogP contribution in [-0.2, 0) is 4.74 Å². The normalized spacial score (nSPS) is 16.1. The molecule has 0 saturated carbocycles. The van der Waals surface area contributed by atoms with Gasteiger partial charge in [0.05, 0.1) is 33.7 Å². The number of carbonyl (C=O) groups is 1. The Morgan fingerprint density at radius 3 is 2.67 bits per heavy atom. The van der Waals surface area contributed by atoms with Gasteiger partial charge in [0.15, 0.2) is 5.75 Å². The molecule has 11 nitrogen and oxygen atoms in total. The van der Waals surface area contributed by atoms with E-state index in [1.165, 1.54) is 10.9 Å². The number of carbonyl (C=O) groups excluding carboxylic acids is 1. The first-order valence-electron chi connectivity index (χ1n) is 12.6. The first-order valence-corrected chi connectivity index (χ1v) is 13.8. The van der Waals surface area contributed by atoms with Crippen molar-refractivity contribution >= 4 is 44.5 Å². The Bertz CT molecular complexity index is 1530. The molecule has 210 valence electrons. The van der Waals surface area contributed by atoms with Crippen molar-refractivity contribution in [3.8, 4) is 11.4 Å². The third-order valence-electron chi connectivity index (χ3n) is 6.19. The van der Waals surface area contributed by atoms with Crippen LogP contribution >= 0.6 is 27.5 Å². The molecule has 0 aliphatic carbocycles. The first-order chi connectivity index (χ1) is 18.3. The molecule has 0 bridgehead atoms. The predicted octanol–water partition coefficient (Wildman–Crippen LogP) is 3.90. The summed E-state index contributed by atoms with van der Waals surface area (Å²) in [6.07, 6.45) is 1.05. The molecule has 2 N–H and O–H groups in total. The molecule has 1 unspecified atom stereocenters. The van der Waals surface area contributed by atoms with Crippen LogP contribution in [0.2, 0.25) is 5.02 Å². The van der Waals surface area contributed by atoms with E-state index in [1.807, 2.05) is 34.6 Å². The van der Waals surface area contributed by atoms with Crippen molar-refractivity contribution in [3.63, 3.8) is 0 Å². The number of aryl methyl sites for hydroxylation is 1. The molecule has 1 atom stereocenters. The Labute approximate surface area is 239 Å². The van der Waals surface area contributed by atoms with E-state index in [-0.39, 0.29) is 34.7 Å². The number of aromatic nitrogens is 4. The number of nitrogens with one attached hydrogen (secondary N) is 2. The van der Waals surface area contributed by atoms with Crippen LogP contribution in [0.4, 0.5) is 4.79 Å². The number of nitrogens with zero attached hydrogens (tertiary/aromatic N) is 4. The molecule has 1 aliphatic heterocycles. The minimum absolute atomic E-state index is 0.0210. The van der Waals surface area contributed by atoms with E-state index in [2.05, 4.69) is 36.2 Å². The van der Waals surface area contributed by atoms with Crippen LogP contribution in [-0.4, -0.2) is 68.4 Å². The Morgan fingerprint density at radius 1 is 1.28 bits per heavy atom. The number of aromatic amines is 1. The summed E-state index contributed by atoms with van der Waals surface area (Å²) in [4.78, 5) is 51.6. The monoisotopic (exact) mass is 622 g/mol. The van der Waals surface area contributed by atoms with E-state index in [1.54, 1.807) is 17.9 Å². The van der Waals surface area contributed by atoms with E-state index < -0.39 is 22.9 Å².